The average Bonchev–Trinajstić information content (AvgIpc) is 0.862. The molecule has 102 heavy (non-hydrogen) atoms. The minimum absolute atomic E-state index is 1.01. The molecule has 0 fully saturated rings. The van der Waals surface area contributed by atoms with Gasteiger partial charge in [0.05, 0.1) is 27.6 Å². The van der Waals surface area contributed by atoms with Gasteiger partial charge in [-0.25, -0.2) is 0 Å². The summed E-state index contributed by atoms with van der Waals surface area (Å²) in [7, 11) is -5.32. The van der Waals surface area contributed by atoms with Crippen LogP contribution >= 0.6 is 0 Å². The Bertz CT molecular complexity index is 5600. The van der Waals surface area contributed by atoms with Crippen LogP contribution in [0.2, 0.25) is 0 Å². The molecule has 5 nitrogen and oxygen atoms in total. The molecule has 0 saturated carbocycles. The summed E-state index contributed by atoms with van der Waals surface area (Å²) >= 11 is 0. The third kappa shape index (κ3) is 9.61. The monoisotopic (exact) mass is 1330 g/mol. The predicted octanol–water partition coefficient (Wildman–Crippen LogP) is 18.6. The summed E-state index contributed by atoms with van der Waals surface area (Å²) in [5.74, 6) is 0. The van der Waals surface area contributed by atoms with E-state index in [2.05, 4.69) is 413 Å². The molecule has 18 aromatic rings. The van der Waals surface area contributed by atoms with Crippen LogP contribution in [0, 0.1) is 0 Å². The van der Waals surface area contributed by atoms with E-state index >= 15 is 0 Å². The summed E-state index contributed by atoms with van der Waals surface area (Å²) in [4.78, 5) is 9.84. The van der Waals surface area contributed by atoms with E-state index in [9.17, 15) is 0 Å². The van der Waals surface area contributed by atoms with E-state index in [-0.39, 0.29) is 0 Å². The van der Waals surface area contributed by atoms with Gasteiger partial charge in [-0.15, -0.1) is 0 Å². The van der Waals surface area contributed by atoms with Gasteiger partial charge >= 0.3 is 0 Å². The van der Waals surface area contributed by atoms with Crippen molar-refractivity contribution in [3.8, 4) is 33.6 Å². The highest BCUT2D eigenvalue weighted by Crippen LogP contribution is 2.44. The normalized spacial score (nSPS) is 13.2. The zero-order valence-electron chi connectivity index (χ0n) is 55.9. The van der Waals surface area contributed by atoms with E-state index < -0.39 is 16.1 Å². The second-order valence-corrected chi connectivity index (χ2v) is 34.0. The number of anilines is 6. The number of fused-ring (bicyclic) bond motifs is 10. The lowest BCUT2D eigenvalue weighted by Gasteiger charge is -2.45. The Morgan fingerprint density at radius 2 is 0.520 bits per heavy atom. The summed E-state index contributed by atoms with van der Waals surface area (Å²) < 4.78 is 4.69. The molecule has 0 spiro atoms. The molecule has 0 aliphatic carbocycles. The van der Waals surface area contributed by atoms with Crippen molar-refractivity contribution in [1.29, 1.82) is 0 Å². The van der Waals surface area contributed by atoms with Gasteiger partial charge < -0.3 is 18.9 Å². The van der Waals surface area contributed by atoms with Gasteiger partial charge in [-0.2, -0.15) is 0 Å². The minimum Gasteiger partial charge on any atom is -0.311 e. The Morgan fingerprint density at radius 3 is 0.951 bits per heavy atom. The molecule has 15 aromatic carbocycles. The zero-order chi connectivity index (χ0) is 67.6. The Labute approximate surface area is 595 Å². The third-order valence-electron chi connectivity index (χ3n) is 21.1. The molecule has 2 aliphatic rings. The van der Waals surface area contributed by atoms with Gasteiger partial charge in [0.2, 0.25) is 0 Å². The number of pyridine rings is 1. The second kappa shape index (κ2) is 25.1. The smallest absolute Gasteiger partial charge is 0.184 e. The van der Waals surface area contributed by atoms with Crippen LogP contribution < -0.4 is 51.3 Å². The highest BCUT2D eigenvalue weighted by Gasteiger charge is 2.50. The highest BCUT2D eigenvalue weighted by molar-refractivity contribution is 7.22. The summed E-state index contributed by atoms with van der Waals surface area (Å²) in [6.45, 7) is 0. The molecule has 7 heteroatoms. The van der Waals surface area contributed by atoms with Gasteiger partial charge in [0.25, 0.3) is 0 Å². The largest absolute Gasteiger partial charge is 0.311 e. The molecule has 2 aliphatic heterocycles. The van der Waals surface area contributed by atoms with Crippen molar-refractivity contribution in [1.82, 2.24) is 14.1 Å². The van der Waals surface area contributed by atoms with Crippen LogP contribution in [0.15, 0.2) is 407 Å². The van der Waals surface area contributed by atoms with Crippen LogP contribution in [0.1, 0.15) is 0 Å². The van der Waals surface area contributed by atoms with Crippen molar-refractivity contribution >= 4 is 136 Å². The molecule has 0 saturated heterocycles. The highest BCUT2D eigenvalue weighted by atomic mass is 28.3. The first-order valence-corrected chi connectivity index (χ1v) is 39.1. The molecule has 0 N–H and O–H groups in total. The minimum atomic E-state index is -2.66. The van der Waals surface area contributed by atoms with Crippen molar-refractivity contribution in [2.45, 2.75) is 0 Å². The van der Waals surface area contributed by atoms with Crippen molar-refractivity contribution < 1.29 is 0 Å². The maximum atomic E-state index is 4.87. The lowest BCUT2D eigenvalue weighted by molar-refractivity contribution is 1.18. The van der Waals surface area contributed by atoms with Gasteiger partial charge in [-0.05, 0) is 179 Å². The Kier molecular flexibility index (Phi) is 14.8. The number of hydrogen-bond acceptors (Lipinski definition) is 3. The summed E-state index contributed by atoms with van der Waals surface area (Å²) in [5, 5.41) is 14.8. The average molecular weight is 1330 g/mol. The molecular formula is C95H67N5Si2. The van der Waals surface area contributed by atoms with Crippen molar-refractivity contribution in [3.05, 3.63) is 407 Å². The Hall–Kier alpha value is -12.9. The maximum absolute atomic E-state index is 4.87. The van der Waals surface area contributed by atoms with Crippen LogP contribution in [0.3, 0.4) is 0 Å². The van der Waals surface area contributed by atoms with Gasteiger partial charge in [0, 0.05) is 67.9 Å². The van der Waals surface area contributed by atoms with Crippen molar-refractivity contribution in [2.24, 2.45) is 0 Å². The van der Waals surface area contributed by atoms with Gasteiger partial charge in [0.1, 0.15) is 0 Å². The van der Waals surface area contributed by atoms with Crippen LogP contribution in [-0.2, 0) is 0 Å². The van der Waals surface area contributed by atoms with Gasteiger partial charge in [0.15, 0.2) is 16.1 Å². The van der Waals surface area contributed by atoms with Crippen LogP contribution in [-0.4, -0.2) is 30.3 Å². The molecule has 480 valence electrons. The molecule has 0 amide bonds. The number of aromatic nitrogens is 3. The van der Waals surface area contributed by atoms with E-state index in [1.165, 1.54) is 108 Å². The Balaban J connectivity index is 0.000000141. The fourth-order valence-electron chi connectivity index (χ4n) is 16.9. The number of benzene rings is 15. The van der Waals surface area contributed by atoms with Crippen molar-refractivity contribution in [2.75, 3.05) is 9.80 Å². The zero-order valence-corrected chi connectivity index (χ0v) is 57.9. The lowest BCUT2D eigenvalue weighted by Crippen LogP contribution is -2.77. The molecule has 0 bridgehead atoms. The first-order valence-electron chi connectivity index (χ1n) is 35.1. The SMILES string of the molecule is c1ccc(-n2c3ccc(-c4cccc(N5c6ccccc6[Si](c6ccccc6)(c6ccccc6)c6ccccc65)c4)cc3c3ncccc32)cc1.c1ccc(-n2c3ccccc3c3cc(-c4cccc(N5c6ccccc6[Si](c6ccccc6)(c6ccccc6)c6ccccc65)c4)ccc32)cc1. The van der Waals surface area contributed by atoms with Gasteiger partial charge in [-0.1, -0.05) is 285 Å². The van der Waals surface area contributed by atoms with E-state index in [0.29, 0.717) is 0 Å². The number of nitrogens with zero attached hydrogens (tertiary/aromatic N) is 5. The summed E-state index contributed by atoms with van der Waals surface area (Å²) in [5.41, 5.74) is 20.0. The van der Waals surface area contributed by atoms with E-state index in [1.807, 2.05) is 12.3 Å². The van der Waals surface area contributed by atoms with Gasteiger partial charge in [-0.3, -0.25) is 4.98 Å². The summed E-state index contributed by atoms with van der Waals surface area (Å²) in [6, 6.07) is 147. The second-order valence-electron chi connectivity index (χ2n) is 26.5. The first-order chi connectivity index (χ1) is 50.6. The molecule has 0 atom stereocenters. The lowest BCUT2D eigenvalue weighted by atomic mass is 10.0. The van der Waals surface area contributed by atoms with Crippen LogP contribution in [0.5, 0.6) is 0 Å². The first kappa shape index (κ1) is 60.3. The molecule has 0 radical (unpaired) electrons. The number of hydrogen-bond donors (Lipinski definition) is 0. The van der Waals surface area contributed by atoms with Crippen LogP contribution in [0.4, 0.5) is 34.1 Å². The Morgan fingerprint density at radius 1 is 0.206 bits per heavy atom. The molecule has 0 unspecified atom stereocenters. The number of rotatable bonds is 10. The molecule has 5 heterocycles. The molecule has 3 aromatic heterocycles. The fraction of sp³-hybridized carbons (Fsp3) is 0. The van der Waals surface area contributed by atoms with E-state index in [0.717, 1.165) is 44.6 Å². The standard InChI is InChI=1S/C48H34N2Si.C47H33N3Si/c1-4-18-37(19-5-1)49-43-26-11-10-25-41(43)42-34-36(31-32-44(42)49)35-17-16-20-38(33-35)50-45-27-12-14-29-47(45)51(39-21-6-2-7-22-39,40-23-8-3-9-24-40)48-30-15-13-28-46(48)50;1-4-17-36(18-5-1)49-41-30-29-35(33-40(41)47-44(49)26-15-31-48-47)34-16-14-19-37(32-34)50-42-24-10-12-27-45(42)51(38-20-6-2-7-21-38,39-22-8-3-9-23-39)46-28-13-11-25-43(46)50/h1-34H;1-33H. The predicted molar refractivity (Wildman–Crippen MR) is 434 cm³/mol. The topological polar surface area (TPSA) is 29.2 Å². The molecule has 20 rings (SSSR count). The molecular weight excluding hydrogens is 1270 g/mol. The van der Waals surface area contributed by atoms with Crippen molar-refractivity contribution in [3.63, 3.8) is 0 Å². The van der Waals surface area contributed by atoms with Crippen LogP contribution in [0.25, 0.3) is 77.4 Å². The quantitative estimate of drug-likeness (QED) is 0.128. The third-order valence-corrected chi connectivity index (χ3v) is 30.8. The fourth-order valence-corrected chi connectivity index (χ4v) is 27.1. The number of para-hydroxylation sites is 7. The summed E-state index contributed by atoms with van der Waals surface area (Å²) in [6.07, 6.45) is 1.89. The van der Waals surface area contributed by atoms with E-state index in [4.69, 9.17) is 4.98 Å². The maximum Gasteiger partial charge on any atom is 0.184 e. The van der Waals surface area contributed by atoms with E-state index in [1.54, 1.807) is 0 Å².